The molecule has 1 aliphatic carbocycles. The fourth-order valence-electron chi connectivity index (χ4n) is 2.00. The van der Waals surface area contributed by atoms with Gasteiger partial charge in [0.05, 0.1) is 12.0 Å². The smallest absolute Gasteiger partial charge is 0.376 e. The van der Waals surface area contributed by atoms with E-state index in [1.165, 1.54) is 6.07 Å². The maximum atomic E-state index is 12.2. The van der Waals surface area contributed by atoms with Crippen LogP contribution in [0.3, 0.4) is 0 Å². The van der Waals surface area contributed by atoms with Gasteiger partial charge in [0.25, 0.3) is 0 Å². The summed E-state index contributed by atoms with van der Waals surface area (Å²) in [6.07, 6.45) is 0.759. The third kappa shape index (κ3) is 2.38. The summed E-state index contributed by atoms with van der Waals surface area (Å²) >= 11 is 0. The molecule has 0 aromatic heterocycles. The fraction of sp³-hybridized carbons (Fsp3) is 0.364. The van der Waals surface area contributed by atoms with Crippen molar-refractivity contribution in [1.29, 1.82) is 5.26 Å². The van der Waals surface area contributed by atoms with Crippen molar-refractivity contribution in [1.82, 2.24) is 0 Å². The molecular formula is C11H8F3NO3S. The lowest BCUT2D eigenvalue weighted by atomic mass is 10.0. The van der Waals surface area contributed by atoms with Crippen LogP contribution in [-0.4, -0.2) is 13.9 Å². The maximum Gasteiger partial charge on any atom is 0.534 e. The Morgan fingerprint density at radius 1 is 1.37 bits per heavy atom. The van der Waals surface area contributed by atoms with Gasteiger partial charge in [-0.25, -0.2) is 0 Å². The van der Waals surface area contributed by atoms with E-state index in [1.807, 2.05) is 6.07 Å². The minimum Gasteiger partial charge on any atom is -0.376 e. The van der Waals surface area contributed by atoms with Crippen LogP contribution in [0.1, 0.15) is 23.5 Å². The van der Waals surface area contributed by atoms with E-state index in [0.29, 0.717) is 24.0 Å². The molecule has 0 radical (unpaired) electrons. The quantitative estimate of drug-likeness (QED) is 0.620. The van der Waals surface area contributed by atoms with E-state index in [4.69, 9.17) is 5.26 Å². The van der Waals surface area contributed by atoms with Crippen LogP contribution >= 0.6 is 0 Å². The van der Waals surface area contributed by atoms with Crippen molar-refractivity contribution in [3.8, 4) is 11.8 Å². The molecule has 1 aromatic rings. The standard InChI is InChI=1S/C11H8F3NO3S/c12-11(13,14)19(16,17)18-10-3-1-2-8-7(6-15)4-5-9(8)10/h1-3,7H,4-5H2. The molecule has 0 aliphatic heterocycles. The lowest BCUT2D eigenvalue weighted by Gasteiger charge is -2.12. The lowest BCUT2D eigenvalue weighted by molar-refractivity contribution is -0.0500. The number of rotatable bonds is 2. The van der Waals surface area contributed by atoms with Gasteiger partial charge in [0.15, 0.2) is 0 Å². The Morgan fingerprint density at radius 3 is 2.63 bits per heavy atom. The van der Waals surface area contributed by atoms with Gasteiger partial charge in [0, 0.05) is 5.56 Å². The fourth-order valence-corrected chi connectivity index (χ4v) is 2.49. The third-order valence-electron chi connectivity index (χ3n) is 2.87. The summed E-state index contributed by atoms with van der Waals surface area (Å²) in [5, 5.41) is 8.88. The molecule has 0 bridgehead atoms. The molecular weight excluding hydrogens is 283 g/mol. The molecule has 19 heavy (non-hydrogen) atoms. The Morgan fingerprint density at radius 2 is 2.05 bits per heavy atom. The minimum absolute atomic E-state index is 0.317. The van der Waals surface area contributed by atoms with Crippen molar-refractivity contribution in [2.75, 3.05) is 0 Å². The first-order valence-electron chi connectivity index (χ1n) is 5.28. The first kappa shape index (κ1) is 13.7. The highest BCUT2D eigenvalue weighted by Crippen LogP contribution is 2.39. The van der Waals surface area contributed by atoms with Crippen molar-refractivity contribution in [3.63, 3.8) is 0 Å². The molecule has 0 heterocycles. The first-order valence-corrected chi connectivity index (χ1v) is 6.69. The topological polar surface area (TPSA) is 67.2 Å². The van der Waals surface area contributed by atoms with Gasteiger partial charge >= 0.3 is 15.6 Å². The molecule has 0 amide bonds. The minimum atomic E-state index is -5.68. The second-order valence-corrected chi connectivity index (χ2v) is 5.57. The second kappa shape index (κ2) is 4.42. The summed E-state index contributed by atoms with van der Waals surface area (Å²) in [6, 6.07) is 6.13. The van der Waals surface area contributed by atoms with Crippen LogP contribution in [0.5, 0.6) is 5.75 Å². The average molecular weight is 291 g/mol. The maximum absolute atomic E-state index is 12.2. The SMILES string of the molecule is N#CC1CCc2c(OS(=O)(=O)C(F)(F)F)cccc21. The van der Waals surface area contributed by atoms with Crippen molar-refractivity contribution in [2.45, 2.75) is 24.3 Å². The normalized spacial score (nSPS) is 18.7. The van der Waals surface area contributed by atoms with Gasteiger partial charge < -0.3 is 4.18 Å². The molecule has 1 unspecified atom stereocenters. The predicted octanol–water partition coefficient (Wildman–Crippen LogP) is 2.47. The zero-order chi connectivity index (χ0) is 14.3. The highest BCUT2D eigenvalue weighted by atomic mass is 32.2. The molecule has 0 N–H and O–H groups in total. The summed E-state index contributed by atoms with van der Waals surface area (Å²) < 4.78 is 62.8. The largest absolute Gasteiger partial charge is 0.534 e. The van der Waals surface area contributed by atoms with E-state index in [-0.39, 0.29) is 5.75 Å². The van der Waals surface area contributed by atoms with Crippen LogP contribution in [-0.2, 0) is 16.5 Å². The Balaban J connectivity index is 2.40. The Hall–Kier alpha value is -1.75. The van der Waals surface area contributed by atoms with E-state index in [1.54, 1.807) is 6.07 Å². The van der Waals surface area contributed by atoms with Crippen LogP contribution in [0.4, 0.5) is 13.2 Å². The molecule has 8 heteroatoms. The van der Waals surface area contributed by atoms with E-state index in [2.05, 4.69) is 4.18 Å². The van der Waals surface area contributed by atoms with Gasteiger partial charge in [0.2, 0.25) is 0 Å². The van der Waals surface area contributed by atoms with Gasteiger partial charge in [-0.05, 0) is 24.5 Å². The van der Waals surface area contributed by atoms with Gasteiger partial charge in [-0.3, -0.25) is 0 Å². The molecule has 4 nitrogen and oxygen atoms in total. The molecule has 1 aliphatic rings. The number of hydrogen-bond donors (Lipinski definition) is 0. The van der Waals surface area contributed by atoms with Crippen LogP contribution in [0, 0.1) is 11.3 Å². The van der Waals surface area contributed by atoms with Crippen LogP contribution in [0.25, 0.3) is 0 Å². The van der Waals surface area contributed by atoms with Gasteiger partial charge in [-0.2, -0.15) is 26.9 Å². The summed E-state index contributed by atoms with van der Waals surface area (Å²) in [5.74, 6) is -0.792. The number of alkyl halides is 3. The summed E-state index contributed by atoms with van der Waals surface area (Å²) in [4.78, 5) is 0. The zero-order valence-corrected chi connectivity index (χ0v) is 10.3. The lowest BCUT2D eigenvalue weighted by Crippen LogP contribution is -2.28. The van der Waals surface area contributed by atoms with Crippen LogP contribution in [0.2, 0.25) is 0 Å². The van der Waals surface area contributed by atoms with Gasteiger partial charge in [-0.1, -0.05) is 12.1 Å². The highest BCUT2D eigenvalue weighted by Gasteiger charge is 2.49. The third-order valence-corrected chi connectivity index (χ3v) is 3.83. The summed E-state index contributed by atoms with van der Waals surface area (Å²) in [6.45, 7) is 0. The Kier molecular flexibility index (Phi) is 3.18. The molecule has 0 saturated heterocycles. The molecule has 0 fully saturated rings. The second-order valence-electron chi connectivity index (χ2n) is 4.03. The number of halogens is 3. The number of nitriles is 1. The molecule has 2 rings (SSSR count). The molecule has 1 aromatic carbocycles. The average Bonchev–Trinajstić information content (AvgIpc) is 2.71. The Bertz CT molecular complexity index is 646. The van der Waals surface area contributed by atoms with Crippen molar-refractivity contribution < 1.29 is 25.8 Å². The van der Waals surface area contributed by atoms with E-state index < -0.39 is 21.5 Å². The van der Waals surface area contributed by atoms with Crippen LogP contribution < -0.4 is 4.18 Å². The summed E-state index contributed by atoms with van der Waals surface area (Å²) in [7, 11) is -5.68. The van der Waals surface area contributed by atoms with E-state index in [9.17, 15) is 21.6 Å². The van der Waals surface area contributed by atoms with Crippen molar-refractivity contribution in [2.24, 2.45) is 0 Å². The van der Waals surface area contributed by atoms with Gasteiger partial charge in [-0.15, -0.1) is 0 Å². The monoisotopic (exact) mass is 291 g/mol. The molecule has 0 saturated carbocycles. The van der Waals surface area contributed by atoms with Crippen LogP contribution in [0.15, 0.2) is 18.2 Å². The summed E-state index contributed by atoms with van der Waals surface area (Å²) in [5.41, 5.74) is -4.59. The number of hydrogen-bond acceptors (Lipinski definition) is 4. The first-order chi connectivity index (χ1) is 8.76. The van der Waals surface area contributed by atoms with E-state index in [0.717, 1.165) is 6.07 Å². The molecule has 0 spiro atoms. The zero-order valence-electron chi connectivity index (χ0n) is 9.44. The number of nitrogens with zero attached hydrogens (tertiary/aromatic N) is 1. The predicted molar refractivity (Wildman–Crippen MR) is 58.7 cm³/mol. The van der Waals surface area contributed by atoms with Gasteiger partial charge in [0.1, 0.15) is 5.75 Å². The molecule has 102 valence electrons. The van der Waals surface area contributed by atoms with Crippen molar-refractivity contribution in [3.05, 3.63) is 29.3 Å². The highest BCUT2D eigenvalue weighted by molar-refractivity contribution is 7.88. The van der Waals surface area contributed by atoms with E-state index >= 15 is 0 Å². The molecule has 1 atom stereocenters. The number of benzene rings is 1. The Labute approximate surface area is 107 Å². The van der Waals surface area contributed by atoms with Crippen molar-refractivity contribution >= 4 is 10.1 Å². The number of fused-ring (bicyclic) bond motifs is 1.